The van der Waals surface area contributed by atoms with Gasteiger partial charge in [0.1, 0.15) is 5.82 Å². The molecule has 0 atom stereocenters. The number of halogens is 1. The van der Waals surface area contributed by atoms with Crippen LogP contribution < -0.4 is 5.32 Å². The second-order valence-corrected chi connectivity index (χ2v) is 7.93. The fourth-order valence-electron chi connectivity index (χ4n) is 2.61. The Morgan fingerprint density at radius 3 is 2.54 bits per heavy atom. The molecule has 0 spiro atoms. The maximum atomic E-state index is 13.0. The van der Waals surface area contributed by atoms with Crippen LogP contribution in [-0.4, -0.2) is 34.8 Å². The van der Waals surface area contributed by atoms with E-state index in [4.69, 9.17) is 0 Å². The third-order valence-corrected chi connectivity index (χ3v) is 5.39. The molecular formula is C19H22FN3O2S. The van der Waals surface area contributed by atoms with Crippen molar-refractivity contribution in [3.63, 3.8) is 0 Å². The van der Waals surface area contributed by atoms with Gasteiger partial charge in [0, 0.05) is 11.4 Å². The average molecular weight is 375 g/mol. The van der Waals surface area contributed by atoms with Crippen LogP contribution in [0.3, 0.4) is 0 Å². The number of hydrogen-bond donors (Lipinski definition) is 1. The van der Waals surface area contributed by atoms with E-state index in [-0.39, 0.29) is 30.6 Å². The molecule has 5 nitrogen and oxygen atoms in total. The minimum absolute atomic E-state index is 0.00814. The zero-order valence-electron chi connectivity index (χ0n) is 14.9. The van der Waals surface area contributed by atoms with Gasteiger partial charge in [-0.3, -0.25) is 9.59 Å². The number of nitrogens with zero attached hydrogens (tertiary/aromatic N) is 2. The molecule has 7 heteroatoms. The molecule has 1 N–H and O–H groups in total. The highest BCUT2D eigenvalue weighted by Crippen LogP contribution is 2.30. The van der Waals surface area contributed by atoms with E-state index in [2.05, 4.69) is 10.3 Å². The van der Waals surface area contributed by atoms with Crippen LogP contribution in [0.4, 0.5) is 9.52 Å². The topological polar surface area (TPSA) is 62.3 Å². The van der Waals surface area contributed by atoms with Gasteiger partial charge in [0.2, 0.25) is 11.8 Å². The molecule has 0 radical (unpaired) electrons. The summed E-state index contributed by atoms with van der Waals surface area (Å²) in [5.74, 6) is -0.217. The zero-order valence-corrected chi connectivity index (χ0v) is 15.7. The molecule has 1 aromatic carbocycles. The van der Waals surface area contributed by atoms with Gasteiger partial charge in [0.05, 0.1) is 18.7 Å². The first-order valence-corrected chi connectivity index (χ1v) is 9.48. The standard InChI is InChI=1S/C19H22FN3O2S/c1-12-13(2)26-19(21-12)22-17(24)11-23(10-15-3-4-15)18(25)9-14-5-7-16(20)8-6-14/h5-8,15H,3-4,9-11H2,1-2H3,(H,21,22,24). The van der Waals surface area contributed by atoms with Crippen molar-refractivity contribution in [1.29, 1.82) is 0 Å². The summed E-state index contributed by atoms with van der Waals surface area (Å²) in [5.41, 5.74) is 1.64. The van der Waals surface area contributed by atoms with E-state index in [1.807, 2.05) is 13.8 Å². The molecule has 0 saturated heterocycles. The predicted octanol–water partition coefficient (Wildman–Crippen LogP) is 3.32. The second kappa shape index (κ2) is 7.95. The van der Waals surface area contributed by atoms with Gasteiger partial charge in [0.15, 0.2) is 5.13 Å². The highest BCUT2D eigenvalue weighted by atomic mass is 32.1. The van der Waals surface area contributed by atoms with Gasteiger partial charge in [-0.05, 0) is 50.3 Å². The van der Waals surface area contributed by atoms with E-state index in [1.54, 1.807) is 17.0 Å². The Balaban J connectivity index is 1.61. The Labute approximate surface area is 156 Å². The fourth-order valence-corrected chi connectivity index (χ4v) is 3.44. The van der Waals surface area contributed by atoms with Gasteiger partial charge in [0.25, 0.3) is 0 Å². The molecule has 2 aromatic rings. The van der Waals surface area contributed by atoms with E-state index in [9.17, 15) is 14.0 Å². The molecule has 1 aliphatic carbocycles. The first-order valence-electron chi connectivity index (χ1n) is 8.67. The SMILES string of the molecule is Cc1nc(NC(=O)CN(CC2CC2)C(=O)Cc2ccc(F)cc2)sc1C. The molecular weight excluding hydrogens is 353 g/mol. The summed E-state index contributed by atoms with van der Waals surface area (Å²) >= 11 is 1.43. The molecule has 0 aliphatic heterocycles. The lowest BCUT2D eigenvalue weighted by Gasteiger charge is -2.22. The van der Waals surface area contributed by atoms with Crippen molar-refractivity contribution >= 4 is 28.3 Å². The molecule has 1 aliphatic rings. The van der Waals surface area contributed by atoms with Crippen molar-refractivity contribution in [2.45, 2.75) is 33.1 Å². The van der Waals surface area contributed by atoms with Crippen LogP contribution in [0.5, 0.6) is 0 Å². The van der Waals surface area contributed by atoms with Crippen molar-refractivity contribution in [2.24, 2.45) is 5.92 Å². The molecule has 138 valence electrons. The van der Waals surface area contributed by atoms with E-state index >= 15 is 0 Å². The Morgan fingerprint density at radius 1 is 1.27 bits per heavy atom. The Bertz CT molecular complexity index is 780. The van der Waals surface area contributed by atoms with Crippen molar-refractivity contribution in [1.82, 2.24) is 9.88 Å². The first-order chi connectivity index (χ1) is 12.4. The number of nitrogens with one attached hydrogen (secondary N) is 1. The third kappa shape index (κ3) is 5.11. The Kier molecular flexibility index (Phi) is 5.66. The predicted molar refractivity (Wildman–Crippen MR) is 99.6 cm³/mol. The van der Waals surface area contributed by atoms with Gasteiger partial charge < -0.3 is 10.2 Å². The van der Waals surface area contributed by atoms with Gasteiger partial charge in [-0.1, -0.05) is 12.1 Å². The summed E-state index contributed by atoms with van der Waals surface area (Å²) in [6.07, 6.45) is 2.34. The number of benzene rings is 1. The van der Waals surface area contributed by atoms with Gasteiger partial charge in [-0.2, -0.15) is 0 Å². The van der Waals surface area contributed by atoms with Crippen LogP contribution in [-0.2, 0) is 16.0 Å². The summed E-state index contributed by atoms with van der Waals surface area (Å²) in [6.45, 7) is 4.44. The lowest BCUT2D eigenvalue weighted by Crippen LogP contribution is -2.40. The first kappa shape index (κ1) is 18.5. The summed E-state index contributed by atoms with van der Waals surface area (Å²) in [5, 5.41) is 3.34. The fraction of sp³-hybridized carbons (Fsp3) is 0.421. The number of rotatable bonds is 7. The number of carbonyl (C=O) groups is 2. The Hall–Kier alpha value is -2.28. The number of carbonyl (C=O) groups excluding carboxylic acids is 2. The van der Waals surface area contributed by atoms with Crippen LogP contribution in [0, 0.1) is 25.6 Å². The summed E-state index contributed by atoms with van der Waals surface area (Å²) in [4.78, 5) is 32.0. The number of aromatic nitrogens is 1. The molecule has 3 rings (SSSR count). The van der Waals surface area contributed by atoms with Crippen molar-refractivity contribution in [3.05, 3.63) is 46.2 Å². The van der Waals surface area contributed by atoms with Crippen LogP contribution in [0.1, 0.15) is 29.0 Å². The molecule has 0 unspecified atom stereocenters. The Morgan fingerprint density at radius 2 is 1.96 bits per heavy atom. The molecule has 2 amide bonds. The number of thiazole rings is 1. The molecule has 1 fully saturated rings. The maximum absolute atomic E-state index is 13.0. The second-order valence-electron chi connectivity index (χ2n) is 6.73. The van der Waals surface area contributed by atoms with Gasteiger partial charge >= 0.3 is 0 Å². The number of hydrogen-bond acceptors (Lipinski definition) is 4. The largest absolute Gasteiger partial charge is 0.333 e. The van der Waals surface area contributed by atoms with E-state index in [0.717, 1.165) is 29.0 Å². The monoisotopic (exact) mass is 375 g/mol. The number of aryl methyl sites for hydroxylation is 2. The molecule has 1 saturated carbocycles. The number of amides is 2. The van der Waals surface area contributed by atoms with Crippen molar-refractivity contribution in [3.8, 4) is 0 Å². The highest BCUT2D eigenvalue weighted by molar-refractivity contribution is 7.15. The normalized spacial score (nSPS) is 13.5. The maximum Gasteiger partial charge on any atom is 0.245 e. The minimum atomic E-state index is -0.329. The smallest absolute Gasteiger partial charge is 0.245 e. The molecule has 1 aromatic heterocycles. The van der Waals surface area contributed by atoms with Gasteiger partial charge in [-0.25, -0.2) is 9.37 Å². The summed E-state index contributed by atoms with van der Waals surface area (Å²) in [7, 11) is 0. The van der Waals surface area contributed by atoms with Crippen molar-refractivity contribution < 1.29 is 14.0 Å². The lowest BCUT2D eigenvalue weighted by molar-refractivity contribution is -0.134. The average Bonchev–Trinajstić information content (AvgIpc) is 3.34. The van der Waals surface area contributed by atoms with E-state index in [0.29, 0.717) is 17.6 Å². The summed E-state index contributed by atoms with van der Waals surface area (Å²) < 4.78 is 13.0. The third-order valence-electron chi connectivity index (χ3n) is 4.41. The zero-order chi connectivity index (χ0) is 18.7. The van der Waals surface area contributed by atoms with E-state index < -0.39 is 0 Å². The van der Waals surface area contributed by atoms with E-state index in [1.165, 1.54) is 23.5 Å². The summed E-state index contributed by atoms with van der Waals surface area (Å²) in [6, 6.07) is 5.88. The van der Waals surface area contributed by atoms with Crippen LogP contribution in [0.25, 0.3) is 0 Å². The minimum Gasteiger partial charge on any atom is -0.333 e. The lowest BCUT2D eigenvalue weighted by atomic mass is 10.1. The van der Waals surface area contributed by atoms with Crippen LogP contribution >= 0.6 is 11.3 Å². The van der Waals surface area contributed by atoms with Crippen LogP contribution in [0.15, 0.2) is 24.3 Å². The molecule has 0 bridgehead atoms. The number of anilines is 1. The molecule has 1 heterocycles. The molecule has 26 heavy (non-hydrogen) atoms. The van der Waals surface area contributed by atoms with Gasteiger partial charge in [-0.15, -0.1) is 11.3 Å². The van der Waals surface area contributed by atoms with Crippen LogP contribution in [0.2, 0.25) is 0 Å². The van der Waals surface area contributed by atoms with Crippen molar-refractivity contribution in [2.75, 3.05) is 18.4 Å². The highest BCUT2D eigenvalue weighted by Gasteiger charge is 2.28. The quantitative estimate of drug-likeness (QED) is 0.808.